The number of urea groups is 1. The van der Waals surface area contributed by atoms with Crippen molar-refractivity contribution in [1.29, 1.82) is 0 Å². The number of unbranched alkanes of at least 4 members (excludes halogenated alkanes) is 1. The molecule has 1 N–H and O–H groups in total. The van der Waals surface area contributed by atoms with Crippen LogP contribution in [0.1, 0.15) is 26.7 Å². The zero-order valence-electron chi connectivity index (χ0n) is 14.3. The van der Waals surface area contributed by atoms with Crippen molar-refractivity contribution in [3.05, 3.63) is 0 Å². The minimum atomic E-state index is -4.17. The van der Waals surface area contributed by atoms with Crippen molar-refractivity contribution in [1.82, 2.24) is 20.0 Å². The van der Waals surface area contributed by atoms with Crippen molar-refractivity contribution >= 4 is 6.03 Å². The molecule has 0 saturated carbocycles. The van der Waals surface area contributed by atoms with E-state index in [2.05, 4.69) is 31.1 Å². The third-order valence-corrected chi connectivity index (χ3v) is 4.16. The lowest BCUT2D eigenvalue weighted by Gasteiger charge is -2.34. The summed E-state index contributed by atoms with van der Waals surface area (Å²) in [5.74, 6) is 0. The van der Waals surface area contributed by atoms with Crippen LogP contribution in [0.4, 0.5) is 18.0 Å². The lowest BCUT2D eigenvalue weighted by Crippen LogP contribution is -2.53. The Hall–Kier alpha value is -1.02. The van der Waals surface area contributed by atoms with Crippen LogP contribution in [-0.2, 0) is 0 Å². The molecule has 1 aliphatic heterocycles. The van der Waals surface area contributed by atoms with Crippen LogP contribution < -0.4 is 5.32 Å². The summed E-state index contributed by atoms with van der Waals surface area (Å²) in [5.41, 5.74) is 0. The summed E-state index contributed by atoms with van der Waals surface area (Å²) in [6.07, 6.45) is -2.27. The number of carbonyl (C=O) groups is 1. The monoisotopic (exact) mass is 338 g/mol. The SMILES string of the molecule is CC(C)N(C)CCCCNC(=O)N1CCN(CC(F)(F)F)CC1. The van der Waals surface area contributed by atoms with E-state index in [4.69, 9.17) is 0 Å². The predicted octanol–water partition coefficient (Wildman–Crippen LogP) is 2.00. The molecule has 1 fully saturated rings. The fourth-order valence-corrected chi connectivity index (χ4v) is 2.41. The predicted molar refractivity (Wildman–Crippen MR) is 84.5 cm³/mol. The van der Waals surface area contributed by atoms with Gasteiger partial charge in [-0.3, -0.25) is 4.90 Å². The molecule has 0 aromatic carbocycles. The standard InChI is InChI=1S/C15H29F3N4O/c1-13(2)20(3)7-5-4-6-19-14(23)22-10-8-21(9-11-22)12-15(16,17)18/h13H,4-12H2,1-3H3,(H,19,23). The zero-order valence-corrected chi connectivity index (χ0v) is 14.3. The van der Waals surface area contributed by atoms with E-state index in [1.807, 2.05) is 0 Å². The highest BCUT2D eigenvalue weighted by Gasteiger charge is 2.32. The first-order valence-electron chi connectivity index (χ1n) is 8.21. The van der Waals surface area contributed by atoms with Gasteiger partial charge in [0.2, 0.25) is 0 Å². The second kappa shape index (κ2) is 9.32. The van der Waals surface area contributed by atoms with Gasteiger partial charge in [0.05, 0.1) is 6.54 Å². The fraction of sp³-hybridized carbons (Fsp3) is 0.933. The van der Waals surface area contributed by atoms with Gasteiger partial charge >= 0.3 is 12.2 Å². The molecule has 23 heavy (non-hydrogen) atoms. The summed E-state index contributed by atoms with van der Waals surface area (Å²) >= 11 is 0. The first-order chi connectivity index (χ1) is 10.7. The van der Waals surface area contributed by atoms with Gasteiger partial charge in [-0.15, -0.1) is 0 Å². The third-order valence-electron chi connectivity index (χ3n) is 4.16. The van der Waals surface area contributed by atoms with E-state index < -0.39 is 12.7 Å². The van der Waals surface area contributed by atoms with Gasteiger partial charge in [0, 0.05) is 38.8 Å². The Morgan fingerprint density at radius 3 is 2.30 bits per heavy atom. The van der Waals surface area contributed by atoms with Gasteiger partial charge in [-0.1, -0.05) is 0 Å². The molecule has 0 spiro atoms. The molecule has 0 atom stereocenters. The number of amides is 2. The maximum atomic E-state index is 12.3. The maximum Gasteiger partial charge on any atom is 0.401 e. The molecule has 0 bridgehead atoms. The summed E-state index contributed by atoms with van der Waals surface area (Å²) < 4.78 is 36.9. The summed E-state index contributed by atoms with van der Waals surface area (Å²) in [6, 6.07) is 0.339. The summed E-state index contributed by atoms with van der Waals surface area (Å²) in [7, 11) is 2.07. The number of hydrogen-bond donors (Lipinski definition) is 1. The molecule has 0 aromatic rings. The van der Waals surface area contributed by atoms with E-state index in [1.165, 1.54) is 4.90 Å². The number of hydrogen-bond acceptors (Lipinski definition) is 3. The Bertz CT molecular complexity index is 355. The largest absolute Gasteiger partial charge is 0.401 e. The minimum absolute atomic E-state index is 0.172. The Morgan fingerprint density at radius 2 is 1.78 bits per heavy atom. The molecule has 0 aromatic heterocycles. The average molecular weight is 338 g/mol. The van der Waals surface area contributed by atoms with Gasteiger partial charge < -0.3 is 15.1 Å². The molecule has 8 heteroatoms. The number of rotatable bonds is 7. The molecule has 1 saturated heterocycles. The van der Waals surface area contributed by atoms with Crippen LogP contribution in [0.15, 0.2) is 0 Å². The number of nitrogens with zero attached hydrogens (tertiary/aromatic N) is 3. The summed E-state index contributed by atoms with van der Waals surface area (Å²) in [4.78, 5) is 17.1. The van der Waals surface area contributed by atoms with Gasteiger partial charge in [0.15, 0.2) is 0 Å². The van der Waals surface area contributed by atoms with Crippen molar-refractivity contribution in [2.24, 2.45) is 0 Å². The fourth-order valence-electron chi connectivity index (χ4n) is 2.41. The number of piperazine rings is 1. The molecular weight excluding hydrogens is 309 g/mol. The highest BCUT2D eigenvalue weighted by Crippen LogP contribution is 2.17. The molecule has 136 valence electrons. The van der Waals surface area contributed by atoms with E-state index in [9.17, 15) is 18.0 Å². The molecule has 5 nitrogen and oxygen atoms in total. The average Bonchev–Trinajstić information content (AvgIpc) is 2.45. The zero-order chi connectivity index (χ0) is 17.5. The first-order valence-corrected chi connectivity index (χ1v) is 8.21. The molecule has 2 amide bonds. The van der Waals surface area contributed by atoms with Crippen molar-refractivity contribution in [3.63, 3.8) is 0 Å². The minimum Gasteiger partial charge on any atom is -0.338 e. The topological polar surface area (TPSA) is 38.8 Å². The van der Waals surface area contributed by atoms with Gasteiger partial charge in [0.25, 0.3) is 0 Å². The smallest absolute Gasteiger partial charge is 0.338 e. The number of halogens is 3. The number of carbonyl (C=O) groups excluding carboxylic acids is 1. The molecule has 0 radical (unpaired) electrons. The van der Waals surface area contributed by atoms with Gasteiger partial charge in [0.1, 0.15) is 0 Å². The van der Waals surface area contributed by atoms with E-state index in [0.29, 0.717) is 25.7 Å². The molecule has 0 unspecified atom stereocenters. The van der Waals surface area contributed by atoms with E-state index in [-0.39, 0.29) is 19.1 Å². The van der Waals surface area contributed by atoms with Crippen LogP contribution in [0.25, 0.3) is 0 Å². The van der Waals surface area contributed by atoms with Crippen LogP contribution in [-0.4, -0.2) is 85.8 Å². The Morgan fingerprint density at radius 1 is 1.17 bits per heavy atom. The second-order valence-electron chi connectivity index (χ2n) is 6.39. The summed E-state index contributed by atoms with van der Waals surface area (Å²) in [5, 5.41) is 2.85. The van der Waals surface area contributed by atoms with E-state index in [0.717, 1.165) is 19.4 Å². The van der Waals surface area contributed by atoms with Crippen LogP contribution in [0.5, 0.6) is 0 Å². The Labute approximate surface area is 136 Å². The highest BCUT2D eigenvalue weighted by molar-refractivity contribution is 5.74. The molecule has 1 aliphatic rings. The van der Waals surface area contributed by atoms with E-state index >= 15 is 0 Å². The number of alkyl halides is 3. The second-order valence-corrected chi connectivity index (χ2v) is 6.39. The maximum absolute atomic E-state index is 12.3. The Balaban J connectivity index is 2.13. The molecule has 0 aliphatic carbocycles. The molecular formula is C15H29F3N4O. The molecule has 1 rings (SSSR count). The van der Waals surface area contributed by atoms with Crippen LogP contribution in [0, 0.1) is 0 Å². The normalized spacial score (nSPS) is 17.1. The van der Waals surface area contributed by atoms with Gasteiger partial charge in [-0.2, -0.15) is 13.2 Å². The summed E-state index contributed by atoms with van der Waals surface area (Å²) in [6.45, 7) is 6.21. The van der Waals surface area contributed by atoms with E-state index in [1.54, 1.807) is 4.90 Å². The van der Waals surface area contributed by atoms with Crippen LogP contribution in [0.2, 0.25) is 0 Å². The van der Waals surface area contributed by atoms with Gasteiger partial charge in [-0.25, -0.2) is 4.79 Å². The number of nitrogens with one attached hydrogen (secondary N) is 1. The van der Waals surface area contributed by atoms with Crippen molar-refractivity contribution in [3.8, 4) is 0 Å². The first kappa shape index (κ1) is 20.0. The van der Waals surface area contributed by atoms with Gasteiger partial charge in [-0.05, 0) is 40.3 Å². The van der Waals surface area contributed by atoms with Crippen molar-refractivity contribution < 1.29 is 18.0 Å². The van der Waals surface area contributed by atoms with Crippen molar-refractivity contribution in [2.75, 3.05) is 52.9 Å². The van der Waals surface area contributed by atoms with Crippen LogP contribution >= 0.6 is 0 Å². The lowest BCUT2D eigenvalue weighted by molar-refractivity contribution is -0.148. The molecule has 1 heterocycles. The Kier molecular flexibility index (Phi) is 8.11. The van der Waals surface area contributed by atoms with Crippen molar-refractivity contribution in [2.45, 2.75) is 38.9 Å². The van der Waals surface area contributed by atoms with Crippen LogP contribution in [0.3, 0.4) is 0 Å². The highest BCUT2D eigenvalue weighted by atomic mass is 19.4. The lowest BCUT2D eigenvalue weighted by atomic mass is 10.2. The quantitative estimate of drug-likeness (QED) is 0.722. The third kappa shape index (κ3) is 8.41.